The first-order valence-electron chi connectivity index (χ1n) is 6.36. The van der Waals surface area contributed by atoms with E-state index in [4.69, 9.17) is 15.2 Å². The molecule has 19 heavy (non-hydrogen) atoms. The van der Waals surface area contributed by atoms with Crippen LogP contribution in [0.3, 0.4) is 0 Å². The summed E-state index contributed by atoms with van der Waals surface area (Å²) in [5, 5.41) is 7.09. The van der Waals surface area contributed by atoms with Gasteiger partial charge in [-0.15, -0.1) is 0 Å². The molecule has 0 radical (unpaired) electrons. The van der Waals surface area contributed by atoms with Gasteiger partial charge in [-0.25, -0.2) is 4.98 Å². The summed E-state index contributed by atoms with van der Waals surface area (Å²) >= 11 is 0. The molecule has 0 aliphatic carbocycles. The molecule has 6 nitrogen and oxygen atoms in total. The third-order valence-electron chi connectivity index (χ3n) is 2.96. The van der Waals surface area contributed by atoms with Crippen LogP contribution in [-0.4, -0.2) is 28.3 Å². The summed E-state index contributed by atoms with van der Waals surface area (Å²) in [5.41, 5.74) is 5.47. The highest BCUT2D eigenvalue weighted by atomic mass is 16.6. The number of nitrogens with one attached hydrogen (secondary N) is 1. The zero-order valence-corrected chi connectivity index (χ0v) is 10.5. The molecule has 0 amide bonds. The Kier molecular flexibility index (Phi) is 3.33. The number of aromatic amines is 1. The summed E-state index contributed by atoms with van der Waals surface area (Å²) in [5.74, 6) is 2.95. The second kappa shape index (κ2) is 5.27. The van der Waals surface area contributed by atoms with Crippen molar-refractivity contribution < 1.29 is 9.47 Å². The highest BCUT2D eigenvalue weighted by Crippen LogP contribution is 2.34. The molecule has 3 rings (SSSR count). The second-order valence-corrected chi connectivity index (χ2v) is 4.40. The van der Waals surface area contributed by atoms with E-state index in [2.05, 4.69) is 15.2 Å². The summed E-state index contributed by atoms with van der Waals surface area (Å²) in [6, 6.07) is 7.59. The minimum absolute atomic E-state index is 0.266. The highest BCUT2D eigenvalue weighted by Gasteiger charge is 2.25. The van der Waals surface area contributed by atoms with Gasteiger partial charge in [0.1, 0.15) is 12.4 Å². The van der Waals surface area contributed by atoms with Crippen molar-refractivity contribution in [1.29, 1.82) is 0 Å². The van der Waals surface area contributed by atoms with Gasteiger partial charge in [-0.1, -0.05) is 12.1 Å². The first-order valence-corrected chi connectivity index (χ1v) is 6.36. The molecule has 6 heteroatoms. The predicted molar refractivity (Wildman–Crippen MR) is 69.1 cm³/mol. The number of benzene rings is 1. The molecule has 2 heterocycles. The smallest absolute Gasteiger partial charge is 0.194 e. The lowest BCUT2D eigenvalue weighted by Gasteiger charge is -2.24. The summed E-state index contributed by atoms with van der Waals surface area (Å²) in [4.78, 5) is 4.42. The fourth-order valence-electron chi connectivity index (χ4n) is 1.98. The highest BCUT2D eigenvalue weighted by molar-refractivity contribution is 5.40. The van der Waals surface area contributed by atoms with E-state index < -0.39 is 0 Å². The molecule has 1 aliphatic rings. The lowest BCUT2D eigenvalue weighted by molar-refractivity contribution is 0.0853. The Morgan fingerprint density at radius 1 is 1.32 bits per heavy atom. The van der Waals surface area contributed by atoms with Gasteiger partial charge >= 0.3 is 0 Å². The van der Waals surface area contributed by atoms with Crippen molar-refractivity contribution in [2.75, 3.05) is 13.2 Å². The molecule has 1 aliphatic heterocycles. The van der Waals surface area contributed by atoms with Gasteiger partial charge in [0, 0.05) is 6.42 Å². The maximum Gasteiger partial charge on any atom is 0.194 e. The van der Waals surface area contributed by atoms with Crippen molar-refractivity contribution in [2.24, 2.45) is 5.73 Å². The topological polar surface area (TPSA) is 86.1 Å². The first kappa shape index (κ1) is 12.0. The molecule has 0 spiro atoms. The Morgan fingerprint density at radius 2 is 2.16 bits per heavy atom. The Hall–Kier alpha value is -2.08. The fourth-order valence-corrected chi connectivity index (χ4v) is 1.98. The number of para-hydroxylation sites is 2. The van der Waals surface area contributed by atoms with E-state index >= 15 is 0 Å². The van der Waals surface area contributed by atoms with Crippen LogP contribution in [0, 0.1) is 0 Å². The van der Waals surface area contributed by atoms with Crippen molar-refractivity contribution in [3.63, 3.8) is 0 Å². The van der Waals surface area contributed by atoms with Gasteiger partial charge < -0.3 is 15.2 Å². The summed E-state index contributed by atoms with van der Waals surface area (Å²) < 4.78 is 11.5. The maximum absolute atomic E-state index is 5.84. The quantitative estimate of drug-likeness (QED) is 0.863. The number of aromatic nitrogens is 3. The fraction of sp³-hybridized carbons (Fsp3) is 0.385. The molecule has 1 atom stereocenters. The summed E-state index contributed by atoms with van der Waals surface area (Å²) in [6.07, 6.45) is 1.42. The molecule has 100 valence electrons. The Labute approximate surface area is 110 Å². The largest absolute Gasteiger partial charge is 0.485 e. The van der Waals surface area contributed by atoms with Crippen LogP contribution in [0.4, 0.5) is 0 Å². The van der Waals surface area contributed by atoms with Gasteiger partial charge in [0.05, 0.1) is 0 Å². The molecule has 1 aromatic carbocycles. The number of aryl methyl sites for hydroxylation is 1. The van der Waals surface area contributed by atoms with Gasteiger partial charge in [0.15, 0.2) is 23.4 Å². The number of hydrogen-bond acceptors (Lipinski definition) is 5. The number of H-pyrrole nitrogens is 1. The summed E-state index contributed by atoms with van der Waals surface area (Å²) in [7, 11) is 0. The third-order valence-corrected chi connectivity index (χ3v) is 2.96. The van der Waals surface area contributed by atoms with E-state index in [1.54, 1.807) is 0 Å². The van der Waals surface area contributed by atoms with Crippen LogP contribution in [0.2, 0.25) is 0 Å². The zero-order chi connectivity index (χ0) is 13.1. The number of nitrogens with zero attached hydrogens (tertiary/aromatic N) is 2. The zero-order valence-electron chi connectivity index (χ0n) is 10.5. The van der Waals surface area contributed by atoms with Gasteiger partial charge in [-0.3, -0.25) is 5.10 Å². The molecule has 3 N–H and O–H groups in total. The third kappa shape index (κ3) is 2.53. The van der Waals surface area contributed by atoms with E-state index in [9.17, 15) is 0 Å². The van der Waals surface area contributed by atoms with Gasteiger partial charge in [0.25, 0.3) is 0 Å². The monoisotopic (exact) mass is 260 g/mol. The van der Waals surface area contributed by atoms with Crippen molar-refractivity contribution in [1.82, 2.24) is 15.2 Å². The normalized spacial score (nSPS) is 17.4. The number of fused-ring (bicyclic) bond motifs is 1. The molecule has 1 aromatic heterocycles. The van der Waals surface area contributed by atoms with Crippen LogP contribution in [0.1, 0.15) is 24.2 Å². The Balaban J connectivity index is 1.72. The van der Waals surface area contributed by atoms with Crippen molar-refractivity contribution in [2.45, 2.75) is 18.9 Å². The lowest BCUT2D eigenvalue weighted by Crippen LogP contribution is -2.22. The predicted octanol–water partition coefficient (Wildman–Crippen LogP) is 1.21. The van der Waals surface area contributed by atoms with Crippen LogP contribution >= 0.6 is 0 Å². The van der Waals surface area contributed by atoms with E-state index in [0.717, 1.165) is 30.2 Å². The van der Waals surface area contributed by atoms with Gasteiger partial charge in [0.2, 0.25) is 0 Å². The van der Waals surface area contributed by atoms with Crippen molar-refractivity contribution in [3.05, 3.63) is 35.9 Å². The number of hydrogen-bond donors (Lipinski definition) is 2. The van der Waals surface area contributed by atoms with Crippen LogP contribution in [0.5, 0.6) is 11.5 Å². The van der Waals surface area contributed by atoms with Crippen LogP contribution in [0.25, 0.3) is 0 Å². The van der Waals surface area contributed by atoms with E-state index in [1.807, 2.05) is 24.3 Å². The van der Waals surface area contributed by atoms with Crippen LogP contribution in [0.15, 0.2) is 24.3 Å². The minimum Gasteiger partial charge on any atom is -0.485 e. The molecule has 0 saturated heterocycles. The molecule has 0 fully saturated rings. The summed E-state index contributed by atoms with van der Waals surface area (Å²) in [6.45, 7) is 1.07. The maximum atomic E-state index is 5.84. The number of rotatable bonds is 4. The van der Waals surface area contributed by atoms with E-state index in [-0.39, 0.29) is 6.10 Å². The Bertz CT molecular complexity index is 555. The molecule has 0 bridgehead atoms. The molecule has 1 unspecified atom stereocenters. The minimum atomic E-state index is -0.266. The second-order valence-electron chi connectivity index (χ2n) is 4.40. The van der Waals surface area contributed by atoms with Crippen LogP contribution in [-0.2, 0) is 6.42 Å². The van der Waals surface area contributed by atoms with E-state index in [0.29, 0.717) is 19.0 Å². The SMILES string of the molecule is NCCCc1nc(C2COc3ccccc3O2)n[nH]1. The molecular weight excluding hydrogens is 244 g/mol. The lowest BCUT2D eigenvalue weighted by atomic mass is 10.2. The van der Waals surface area contributed by atoms with Crippen LogP contribution < -0.4 is 15.2 Å². The van der Waals surface area contributed by atoms with Gasteiger partial charge in [-0.05, 0) is 25.1 Å². The average molecular weight is 260 g/mol. The molecular formula is C13H16N4O2. The van der Waals surface area contributed by atoms with Crippen molar-refractivity contribution in [3.8, 4) is 11.5 Å². The van der Waals surface area contributed by atoms with E-state index in [1.165, 1.54) is 0 Å². The first-order chi connectivity index (χ1) is 9.36. The standard InChI is InChI=1S/C13H16N4O2/c14-7-3-6-12-15-13(17-16-12)11-8-18-9-4-1-2-5-10(9)19-11/h1-2,4-5,11H,3,6-8,14H2,(H,15,16,17). The molecule has 2 aromatic rings. The van der Waals surface area contributed by atoms with Gasteiger partial charge in [-0.2, -0.15) is 5.10 Å². The molecule has 0 saturated carbocycles. The number of ether oxygens (including phenoxy) is 2. The van der Waals surface area contributed by atoms with Crippen molar-refractivity contribution >= 4 is 0 Å². The Morgan fingerprint density at radius 3 is 3.00 bits per heavy atom. The number of nitrogens with two attached hydrogens (primary N) is 1. The average Bonchev–Trinajstić information content (AvgIpc) is 2.93.